The summed E-state index contributed by atoms with van der Waals surface area (Å²) in [5.74, 6) is 0.536. The number of anilines is 2. The molecule has 0 saturated heterocycles. The zero-order chi connectivity index (χ0) is 12.3. The number of methoxy groups -OCH3 is 1. The topological polar surface area (TPSA) is 64.3 Å². The Hall–Kier alpha value is -2.01. The summed E-state index contributed by atoms with van der Waals surface area (Å²) in [5.41, 5.74) is 7.48. The molecule has 2 rings (SSSR count). The van der Waals surface area contributed by atoms with Crippen molar-refractivity contribution in [3.63, 3.8) is 0 Å². The zero-order valence-electron chi connectivity index (χ0n) is 9.27. The fourth-order valence-corrected chi connectivity index (χ4v) is 2.02. The van der Waals surface area contributed by atoms with Gasteiger partial charge in [0.1, 0.15) is 5.75 Å². The number of carbonyl (C=O) groups is 1. The smallest absolute Gasteiger partial charge is 0.255 e. The molecule has 0 aliphatic heterocycles. The van der Waals surface area contributed by atoms with Crippen molar-refractivity contribution in [3.05, 3.63) is 40.6 Å². The summed E-state index contributed by atoms with van der Waals surface area (Å²) < 4.78 is 5.02. The largest absolute Gasteiger partial charge is 0.497 e. The Balaban J connectivity index is 2.12. The number of rotatable bonds is 3. The molecule has 0 radical (unpaired) electrons. The summed E-state index contributed by atoms with van der Waals surface area (Å²) in [6, 6.07) is 6.89. The van der Waals surface area contributed by atoms with Crippen LogP contribution in [0.1, 0.15) is 10.4 Å². The average molecular weight is 248 g/mol. The van der Waals surface area contributed by atoms with E-state index in [1.54, 1.807) is 42.1 Å². The first-order valence-electron chi connectivity index (χ1n) is 4.98. The maximum Gasteiger partial charge on any atom is 0.255 e. The molecule has 1 aromatic carbocycles. The molecule has 2 aromatic rings. The molecule has 0 aliphatic rings. The monoisotopic (exact) mass is 248 g/mol. The molecule has 5 heteroatoms. The van der Waals surface area contributed by atoms with E-state index >= 15 is 0 Å². The SMILES string of the molecule is COc1ccc(C(=O)Nc2cscc2N)cc1. The van der Waals surface area contributed by atoms with Crippen LogP contribution in [0.2, 0.25) is 0 Å². The van der Waals surface area contributed by atoms with Crippen molar-refractivity contribution in [2.45, 2.75) is 0 Å². The lowest BCUT2D eigenvalue weighted by Gasteiger charge is -2.05. The molecule has 0 saturated carbocycles. The summed E-state index contributed by atoms with van der Waals surface area (Å²) in [7, 11) is 1.58. The van der Waals surface area contributed by atoms with Gasteiger partial charge in [0.25, 0.3) is 5.91 Å². The molecule has 1 aromatic heterocycles. The Kier molecular flexibility index (Phi) is 3.30. The van der Waals surface area contributed by atoms with Crippen LogP contribution in [0.4, 0.5) is 11.4 Å². The highest BCUT2D eigenvalue weighted by Gasteiger charge is 2.08. The number of nitrogens with two attached hydrogens (primary N) is 1. The van der Waals surface area contributed by atoms with Crippen LogP contribution in [-0.2, 0) is 0 Å². The summed E-state index contributed by atoms with van der Waals surface area (Å²) in [6.45, 7) is 0. The summed E-state index contributed by atoms with van der Waals surface area (Å²) >= 11 is 1.45. The van der Waals surface area contributed by atoms with Crippen molar-refractivity contribution in [1.82, 2.24) is 0 Å². The van der Waals surface area contributed by atoms with E-state index in [9.17, 15) is 4.79 Å². The fraction of sp³-hybridized carbons (Fsp3) is 0.0833. The minimum absolute atomic E-state index is 0.183. The maximum absolute atomic E-state index is 11.9. The number of hydrogen-bond donors (Lipinski definition) is 2. The molecule has 4 nitrogen and oxygen atoms in total. The Labute approximate surface area is 103 Å². The van der Waals surface area contributed by atoms with Gasteiger partial charge in [0.05, 0.1) is 18.5 Å². The Morgan fingerprint density at radius 3 is 2.53 bits per heavy atom. The molecule has 3 N–H and O–H groups in total. The third-order valence-electron chi connectivity index (χ3n) is 2.29. The zero-order valence-corrected chi connectivity index (χ0v) is 10.1. The van der Waals surface area contributed by atoms with Crippen LogP contribution in [0, 0.1) is 0 Å². The van der Waals surface area contributed by atoms with Gasteiger partial charge >= 0.3 is 0 Å². The molecule has 0 fully saturated rings. The lowest BCUT2D eigenvalue weighted by atomic mass is 10.2. The van der Waals surface area contributed by atoms with Crippen LogP contribution in [0.5, 0.6) is 5.75 Å². The van der Waals surface area contributed by atoms with Crippen LogP contribution in [0.3, 0.4) is 0 Å². The molecule has 0 atom stereocenters. The van der Waals surface area contributed by atoms with E-state index in [0.717, 1.165) is 5.75 Å². The Morgan fingerprint density at radius 1 is 1.29 bits per heavy atom. The third-order valence-corrected chi connectivity index (χ3v) is 3.05. The molecular weight excluding hydrogens is 236 g/mol. The quantitative estimate of drug-likeness (QED) is 0.877. The second kappa shape index (κ2) is 4.88. The Bertz CT molecular complexity index is 520. The van der Waals surface area contributed by atoms with Gasteiger partial charge < -0.3 is 15.8 Å². The van der Waals surface area contributed by atoms with Gasteiger partial charge in [-0.25, -0.2) is 0 Å². The van der Waals surface area contributed by atoms with Crippen molar-refractivity contribution >= 4 is 28.6 Å². The van der Waals surface area contributed by atoms with Crippen LogP contribution < -0.4 is 15.8 Å². The van der Waals surface area contributed by atoms with Crippen molar-refractivity contribution in [2.75, 3.05) is 18.2 Å². The molecule has 0 unspecified atom stereocenters. The molecular formula is C12H12N2O2S. The predicted octanol–water partition coefficient (Wildman–Crippen LogP) is 2.59. The average Bonchev–Trinajstić information content (AvgIpc) is 2.75. The van der Waals surface area contributed by atoms with Gasteiger partial charge in [0, 0.05) is 16.3 Å². The van der Waals surface area contributed by atoms with Crippen LogP contribution in [0.15, 0.2) is 35.0 Å². The minimum Gasteiger partial charge on any atom is -0.497 e. The van der Waals surface area contributed by atoms with Crippen LogP contribution in [-0.4, -0.2) is 13.0 Å². The van der Waals surface area contributed by atoms with E-state index in [1.807, 2.05) is 0 Å². The van der Waals surface area contributed by atoms with E-state index in [-0.39, 0.29) is 5.91 Å². The first-order valence-corrected chi connectivity index (χ1v) is 5.92. The number of nitrogens with one attached hydrogen (secondary N) is 1. The second-order valence-electron chi connectivity index (χ2n) is 3.42. The van der Waals surface area contributed by atoms with Gasteiger partial charge in [-0.1, -0.05) is 0 Å². The third kappa shape index (κ3) is 2.57. The van der Waals surface area contributed by atoms with E-state index in [2.05, 4.69) is 5.32 Å². The molecule has 0 spiro atoms. The van der Waals surface area contributed by atoms with Gasteiger partial charge in [0.15, 0.2) is 0 Å². The molecule has 17 heavy (non-hydrogen) atoms. The lowest BCUT2D eigenvalue weighted by molar-refractivity contribution is 0.102. The number of thiophene rings is 1. The maximum atomic E-state index is 11.9. The van der Waals surface area contributed by atoms with Crippen LogP contribution >= 0.6 is 11.3 Å². The number of amides is 1. The molecule has 0 bridgehead atoms. The van der Waals surface area contributed by atoms with E-state index in [1.165, 1.54) is 11.3 Å². The fourth-order valence-electron chi connectivity index (χ4n) is 1.35. The van der Waals surface area contributed by atoms with E-state index in [0.29, 0.717) is 16.9 Å². The highest BCUT2D eigenvalue weighted by Crippen LogP contribution is 2.23. The number of hydrogen-bond acceptors (Lipinski definition) is 4. The summed E-state index contributed by atoms with van der Waals surface area (Å²) in [5, 5.41) is 6.33. The van der Waals surface area contributed by atoms with Crippen molar-refractivity contribution in [3.8, 4) is 5.75 Å². The van der Waals surface area contributed by atoms with Gasteiger partial charge in [0.2, 0.25) is 0 Å². The molecule has 0 aliphatic carbocycles. The summed E-state index contributed by atoms with van der Waals surface area (Å²) in [6.07, 6.45) is 0. The van der Waals surface area contributed by atoms with Crippen molar-refractivity contribution in [2.24, 2.45) is 0 Å². The van der Waals surface area contributed by atoms with Gasteiger partial charge in [-0.2, -0.15) is 0 Å². The summed E-state index contributed by atoms with van der Waals surface area (Å²) in [4.78, 5) is 11.9. The van der Waals surface area contributed by atoms with E-state index < -0.39 is 0 Å². The van der Waals surface area contributed by atoms with Gasteiger partial charge in [-0.05, 0) is 24.3 Å². The standard InChI is InChI=1S/C12H12N2O2S/c1-16-9-4-2-8(3-5-9)12(15)14-11-7-17-6-10(11)13/h2-7H,13H2,1H3,(H,14,15). The number of carbonyl (C=O) groups excluding carboxylic acids is 1. The first-order chi connectivity index (χ1) is 8.20. The molecule has 1 heterocycles. The number of ether oxygens (including phenoxy) is 1. The van der Waals surface area contributed by atoms with Crippen molar-refractivity contribution in [1.29, 1.82) is 0 Å². The molecule has 1 amide bonds. The highest BCUT2D eigenvalue weighted by molar-refractivity contribution is 7.09. The minimum atomic E-state index is -0.183. The van der Waals surface area contributed by atoms with Gasteiger partial charge in [-0.3, -0.25) is 4.79 Å². The molecule has 88 valence electrons. The van der Waals surface area contributed by atoms with Crippen molar-refractivity contribution < 1.29 is 9.53 Å². The van der Waals surface area contributed by atoms with Crippen LogP contribution in [0.25, 0.3) is 0 Å². The van der Waals surface area contributed by atoms with E-state index in [4.69, 9.17) is 10.5 Å². The normalized spacial score (nSPS) is 9.94. The van der Waals surface area contributed by atoms with Gasteiger partial charge in [-0.15, -0.1) is 11.3 Å². The first kappa shape index (κ1) is 11.5. The number of nitrogen functional groups attached to an aromatic ring is 1. The lowest BCUT2D eigenvalue weighted by Crippen LogP contribution is -2.12. The number of benzene rings is 1. The predicted molar refractivity (Wildman–Crippen MR) is 69.7 cm³/mol. The Morgan fingerprint density at radius 2 is 2.00 bits per heavy atom. The second-order valence-corrected chi connectivity index (χ2v) is 4.17. The highest BCUT2D eigenvalue weighted by atomic mass is 32.1.